The van der Waals surface area contributed by atoms with Gasteiger partial charge in [-0.3, -0.25) is 4.79 Å². The van der Waals surface area contributed by atoms with Gasteiger partial charge in [0.2, 0.25) is 0 Å². The standard InChI is InChI=1S/C55H44O9/c1-2-51(56)62-32-30-60-38-24-20-36(21-25-38)54(44-16-8-6-14-42(44)43-15-7-9-17-45(43)54)37-22-26-39(27-23-37)61-31-33-63-52(57)50-35-53(58)46-18-10-11-19-47(46)55(50,59)48-29-28-41(34-49(48)53)64-40-12-4-3-5-13-40/h2-29,34,50,58-59H,1,30-33,35H2. The number of hydrogen-bond acceptors (Lipinski definition) is 9. The molecule has 7 aromatic carbocycles. The molecule has 0 radical (unpaired) electrons. The van der Waals surface area contributed by atoms with Crippen LogP contribution < -0.4 is 14.2 Å². The van der Waals surface area contributed by atoms with Crippen molar-refractivity contribution in [2.45, 2.75) is 23.0 Å². The van der Waals surface area contributed by atoms with E-state index in [1.165, 1.54) is 0 Å². The minimum atomic E-state index is -1.74. The Morgan fingerprint density at radius 3 is 1.62 bits per heavy atom. The molecule has 0 fully saturated rings. The van der Waals surface area contributed by atoms with E-state index in [1.807, 2.05) is 60.7 Å². The summed E-state index contributed by atoms with van der Waals surface area (Å²) in [5, 5.41) is 25.0. The van der Waals surface area contributed by atoms with Crippen LogP contribution >= 0.6 is 0 Å². The van der Waals surface area contributed by atoms with E-state index in [4.69, 9.17) is 23.7 Å². The van der Waals surface area contributed by atoms with Crippen LogP contribution in [-0.2, 0) is 35.7 Å². The van der Waals surface area contributed by atoms with Crippen molar-refractivity contribution in [3.8, 4) is 34.1 Å². The number of fused-ring (bicyclic) bond motifs is 4. The molecule has 0 saturated carbocycles. The fourth-order valence-electron chi connectivity index (χ4n) is 10.0. The summed E-state index contributed by atoms with van der Waals surface area (Å²) in [5.41, 5.74) is 4.69. The number of carbonyl (C=O) groups is 2. The number of esters is 2. The molecular formula is C55H44O9. The molecule has 0 aliphatic heterocycles. The predicted molar refractivity (Wildman–Crippen MR) is 240 cm³/mol. The first kappa shape index (κ1) is 40.6. The van der Waals surface area contributed by atoms with Crippen LogP contribution in [0.15, 0.2) is 183 Å². The van der Waals surface area contributed by atoms with Crippen LogP contribution in [0.4, 0.5) is 0 Å². The highest BCUT2D eigenvalue weighted by atomic mass is 16.6. The fraction of sp³-hybridized carbons (Fsp3) is 0.164. The zero-order valence-corrected chi connectivity index (χ0v) is 34.8. The Morgan fingerprint density at radius 2 is 1.03 bits per heavy atom. The average molecular weight is 849 g/mol. The quantitative estimate of drug-likeness (QED) is 0.0627. The number of benzene rings is 7. The maximum absolute atomic E-state index is 14.0. The van der Waals surface area contributed by atoms with Gasteiger partial charge in [0, 0.05) is 12.5 Å². The van der Waals surface area contributed by atoms with Gasteiger partial charge in [0.25, 0.3) is 0 Å². The number of aliphatic hydroxyl groups is 2. The van der Waals surface area contributed by atoms with E-state index in [-0.39, 0.29) is 32.8 Å². The smallest absolute Gasteiger partial charge is 0.330 e. The molecule has 0 amide bonds. The van der Waals surface area contributed by atoms with Crippen molar-refractivity contribution < 1.29 is 43.5 Å². The van der Waals surface area contributed by atoms with Gasteiger partial charge in [0.1, 0.15) is 60.6 Å². The summed E-state index contributed by atoms with van der Waals surface area (Å²) in [7, 11) is 0. The lowest BCUT2D eigenvalue weighted by molar-refractivity contribution is -0.167. The molecular weight excluding hydrogens is 805 g/mol. The lowest BCUT2D eigenvalue weighted by Crippen LogP contribution is -2.57. The van der Waals surface area contributed by atoms with Crippen molar-refractivity contribution >= 4 is 11.9 Å². The highest BCUT2D eigenvalue weighted by Gasteiger charge is 2.62. The van der Waals surface area contributed by atoms with Crippen molar-refractivity contribution in [2.75, 3.05) is 26.4 Å². The lowest BCUT2D eigenvalue weighted by Gasteiger charge is -2.53. The lowest BCUT2D eigenvalue weighted by atomic mass is 9.54. The summed E-state index contributed by atoms with van der Waals surface area (Å²) in [6.45, 7) is 3.74. The van der Waals surface area contributed by atoms with Gasteiger partial charge >= 0.3 is 11.9 Å². The van der Waals surface area contributed by atoms with E-state index >= 15 is 0 Å². The first-order chi connectivity index (χ1) is 31.2. The van der Waals surface area contributed by atoms with E-state index in [1.54, 1.807) is 36.4 Å². The number of ether oxygens (including phenoxy) is 5. The molecule has 0 saturated heterocycles. The van der Waals surface area contributed by atoms with Crippen molar-refractivity contribution in [2.24, 2.45) is 5.92 Å². The van der Waals surface area contributed by atoms with Gasteiger partial charge < -0.3 is 33.9 Å². The fourth-order valence-corrected chi connectivity index (χ4v) is 10.0. The first-order valence-corrected chi connectivity index (χ1v) is 21.3. The number of para-hydroxylation sites is 1. The third-order valence-corrected chi connectivity index (χ3v) is 12.8. The van der Waals surface area contributed by atoms with E-state index in [0.29, 0.717) is 45.3 Å². The third-order valence-electron chi connectivity index (χ3n) is 12.8. The van der Waals surface area contributed by atoms with Crippen molar-refractivity contribution in [3.63, 3.8) is 0 Å². The highest BCUT2D eigenvalue weighted by molar-refractivity contribution is 5.86. The summed E-state index contributed by atoms with van der Waals surface area (Å²) < 4.78 is 29.0. The van der Waals surface area contributed by atoms with Crippen molar-refractivity contribution in [1.29, 1.82) is 0 Å². The van der Waals surface area contributed by atoms with Crippen LogP contribution in [-0.4, -0.2) is 48.6 Å². The Balaban J connectivity index is 0.861. The molecule has 64 heavy (non-hydrogen) atoms. The third kappa shape index (κ3) is 6.63. The van der Waals surface area contributed by atoms with Gasteiger partial charge in [0.05, 0.1) is 11.3 Å². The second kappa shape index (κ2) is 16.3. The SMILES string of the molecule is C=CC(=O)OCCOc1ccc(C2(c3ccc(OCCOC(=O)C4CC5(O)c6ccccc6C4(O)c4ccc(Oc6ccccc6)cc45)cc3)c3ccccc3-c3ccccc32)cc1. The molecule has 11 rings (SSSR count). The van der Waals surface area contributed by atoms with Gasteiger partial charge in [-0.05, 0) is 104 Å². The monoisotopic (exact) mass is 848 g/mol. The number of rotatable bonds is 14. The molecule has 318 valence electrons. The molecule has 3 atom stereocenters. The Morgan fingerprint density at radius 1 is 0.531 bits per heavy atom. The number of carbonyl (C=O) groups excluding carboxylic acids is 2. The molecule has 9 nitrogen and oxygen atoms in total. The molecule has 7 aromatic rings. The van der Waals surface area contributed by atoms with E-state index < -0.39 is 34.5 Å². The summed E-state index contributed by atoms with van der Waals surface area (Å²) in [6, 6.07) is 54.6. The maximum atomic E-state index is 14.0. The zero-order valence-electron chi connectivity index (χ0n) is 34.8. The van der Waals surface area contributed by atoms with Crippen LogP contribution in [0.1, 0.15) is 50.9 Å². The first-order valence-electron chi connectivity index (χ1n) is 21.3. The minimum absolute atomic E-state index is 0.0684. The van der Waals surface area contributed by atoms with Gasteiger partial charge in [-0.25, -0.2) is 4.79 Å². The van der Waals surface area contributed by atoms with Crippen LogP contribution in [0.5, 0.6) is 23.0 Å². The molecule has 0 aromatic heterocycles. The summed E-state index contributed by atoms with van der Waals surface area (Å²) in [4.78, 5) is 25.4. The number of hydrogen-bond donors (Lipinski definition) is 2. The summed E-state index contributed by atoms with van der Waals surface area (Å²) in [5.74, 6) is 0.195. The Hall–Kier alpha value is -7.46. The van der Waals surface area contributed by atoms with Crippen LogP contribution in [0.3, 0.4) is 0 Å². The summed E-state index contributed by atoms with van der Waals surface area (Å²) in [6.07, 6.45) is 1.06. The largest absolute Gasteiger partial charge is 0.490 e. The van der Waals surface area contributed by atoms with Crippen molar-refractivity contribution in [1.82, 2.24) is 0 Å². The van der Waals surface area contributed by atoms with Gasteiger partial charge in [-0.2, -0.15) is 0 Å². The predicted octanol–water partition coefficient (Wildman–Crippen LogP) is 9.38. The maximum Gasteiger partial charge on any atom is 0.330 e. The second-order valence-electron chi connectivity index (χ2n) is 16.2. The van der Waals surface area contributed by atoms with Gasteiger partial charge in [-0.15, -0.1) is 0 Å². The van der Waals surface area contributed by atoms with E-state index in [9.17, 15) is 19.8 Å². The van der Waals surface area contributed by atoms with Gasteiger partial charge in [0.15, 0.2) is 0 Å². The zero-order chi connectivity index (χ0) is 43.9. The molecule has 4 aliphatic carbocycles. The summed E-state index contributed by atoms with van der Waals surface area (Å²) >= 11 is 0. The molecule has 0 heterocycles. The average Bonchev–Trinajstić information content (AvgIpc) is 3.64. The van der Waals surface area contributed by atoms with Crippen molar-refractivity contribution in [3.05, 3.63) is 227 Å². The second-order valence-corrected chi connectivity index (χ2v) is 16.2. The Labute approximate surface area is 370 Å². The van der Waals surface area contributed by atoms with Crippen LogP contribution in [0.2, 0.25) is 0 Å². The Bertz CT molecular complexity index is 2840. The van der Waals surface area contributed by atoms with Crippen LogP contribution in [0.25, 0.3) is 11.1 Å². The highest BCUT2D eigenvalue weighted by Crippen LogP contribution is 2.61. The normalized spacial score (nSPS) is 19.2. The van der Waals surface area contributed by atoms with E-state index in [0.717, 1.165) is 39.5 Å². The molecule has 0 spiro atoms. The molecule has 2 N–H and O–H groups in total. The molecule has 2 bridgehead atoms. The topological polar surface area (TPSA) is 121 Å². The van der Waals surface area contributed by atoms with Crippen LogP contribution in [0, 0.1) is 5.92 Å². The molecule has 3 unspecified atom stereocenters. The van der Waals surface area contributed by atoms with Gasteiger partial charge in [-0.1, -0.05) is 128 Å². The molecule has 4 aliphatic rings. The van der Waals surface area contributed by atoms with E-state index in [2.05, 4.69) is 79.4 Å². The molecule has 9 heteroatoms. The Kier molecular flexibility index (Phi) is 10.4. The minimum Gasteiger partial charge on any atom is -0.490 e.